The second-order valence-electron chi connectivity index (χ2n) is 8.88. The number of rotatable bonds is 9. The van der Waals surface area contributed by atoms with Crippen LogP contribution in [0.1, 0.15) is 32.8 Å². The monoisotopic (exact) mass is 533 g/mol. The number of benzene rings is 2. The van der Waals surface area contributed by atoms with Gasteiger partial charge in [-0.05, 0) is 44.2 Å². The van der Waals surface area contributed by atoms with E-state index >= 15 is 0 Å². The first kappa shape index (κ1) is 27.5. The number of fused-ring (bicyclic) bond motifs is 1. The quantitative estimate of drug-likeness (QED) is 0.285. The van der Waals surface area contributed by atoms with Crippen molar-refractivity contribution in [2.75, 3.05) is 17.2 Å². The molecule has 1 aliphatic rings. The van der Waals surface area contributed by atoms with E-state index in [1.54, 1.807) is 30.5 Å². The zero-order chi connectivity index (χ0) is 26.7. The number of para-hydroxylation sites is 1. The van der Waals surface area contributed by atoms with E-state index in [1.807, 2.05) is 48.8 Å². The lowest BCUT2D eigenvalue weighted by Crippen LogP contribution is -2.28. The maximum absolute atomic E-state index is 12.1. The van der Waals surface area contributed by atoms with Crippen LogP contribution in [0.2, 0.25) is 0 Å². The van der Waals surface area contributed by atoms with Crippen molar-refractivity contribution in [1.29, 1.82) is 0 Å². The predicted molar refractivity (Wildman–Crippen MR) is 138 cm³/mol. The summed E-state index contributed by atoms with van der Waals surface area (Å²) < 4.78 is 66.4. The van der Waals surface area contributed by atoms with Gasteiger partial charge < -0.3 is 0 Å². The second-order valence-corrected chi connectivity index (χ2v) is 11.9. The molecule has 0 atom stereocenters. The standard InChI is InChI=1S/C25H28N2O7S2/c1-19(28)26(20-10-5-4-6-11-20)15-8-7-12-24-25(2,3)22-18-21(36(32,33)34)13-14-23(22)27(24)16-9-17-35(29,30)31/h4-8,10-15,18H,9,16-17H2,1-3H3,(H-,29,30,31,32,33,34)/p+1. The van der Waals surface area contributed by atoms with Gasteiger partial charge in [-0.1, -0.05) is 24.3 Å². The summed E-state index contributed by atoms with van der Waals surface area (Å²) in [6, 6.07) is 13.4. The van der Waals surface area contributed by atoms with Crippen molar-refractivity contribution in [2.45, 2.75) is 37.5 Å². The molecule has 0 spiro atoms. The number of amides is 1. The van der Waals surface area contributed by atoms with E-state index in [9.17, 15) is 26.2 Å². The van der Waals surface area contributed by atoms with Gasteiger partial charge in [-0.25, -0.2) is 0 Å². The Morgan fingerprint density at radius 3 is 2.28 bits per heavy atom. The van der Waals surface area contributed by atoms with Crippen LogP contribution in [0.25, 0.3) is 0 Å². The summed E-state index contributed by atoms with van der Waals surface area (Å²) >= 11 is 0. The van der Waals surface area contributed by atoms with Crippen LogP contribution in [0, 0.1) is 0 Å². The van der Waals surface area contributed by atoms with E-state index in [-0.39, 0.29) is 23.8 Å². The van der Waals surface area contributed by atoms with Crippen LogP contribution in [-0.2, 0) is 30.4 Å². The average molecular weight is 534 g/mol. The molecule has 0 bridgehead atoms. The van der Waals surface area contributed by atoms with Gasteiger partial charge in [-0.3, -0.25) is 18.8 Å². The van der Waals surface area contributed by atoms with E-state index in [1.165, 1.54) is 24.0 Å². The molecule has 1 aliphatic heterocycles. The lowest BCUT2D eigenvalue weighted by Gasteiger charge is -2.16. The van der Waals surface area contributed by atoms with Crippen LogP contribution in [0.15, 0.2) is 77.9 Å². The van der Waals surface area contributed by atoms with Crippen LogP contribution in [0.5, 0.6) is 0 Å². The Kier molecular flexibility index (Phi) is 7.99. The van der Waals surface area contributed by atoms with Gasteiger partial charge in [0, 0.05) is 42.9 Å². The number of hydrogen-bond acceptors (Lipinski definition) is 5. The third-order valence-corrected chi connectivity index (χ3v) is 7.57. The van der Waals surface area contributed by atoms with Crippen LogP contribution in [-0.4, -0.2) is 54.4 Å². The fourth-order valence-electron chi connectivity index (χ4n) is 4.20. The molecule has 0 aromatic heterocycles. The molecule has 0 saturated heterocycles. The molecule has 0 aliphatic carbocycles. The SMILES string of the molecule is CC(=O)N(/C=C/C=C/C1=[N+](CCCS(=O)(=O)O)c2ccc(S(=O)(=O)O)cc2C1(C)C)c1ccccc1. The molecule has 3 rings (SSSR count). The molecule has 2 N–H and O–H groups in total. The third kappa shape index (κ3) is 6.35. The van der Waals surface area contributed by atoms with Gasteiger partial charge in [-0.15, -0.1) is 0 Å². The predicted octanol–water partition coefficient (Wildman–Crippen LogP) is 3.71. The Morgan fingerprint density at radius 2 is 1.69 bits per heavy atom. The molecular formula is C25H29N2O7S2+. The minimum absolute atomic E-state index is 0.133. The van der Waals surface area contributed by atoms with Crippen LogP contribution < -0.4 is 4.90 Å². The van der Waals surface area contributed by atoms with Crippen molar-refractivity contribution in [2.24, 2.45) is 0 Å². The molecule has 1 amide bonds. The first-order valence-electron chi connectivity index (χ1n) is 11.1. The molecule has 192 valence electrons. The normalized spacial score (nSPS) is 15.6. The molecule has 0 fully saturated rings. The Balaban J connectivity index is 1.99. The Bertz CT molecular complexity index is 1460. The highest BCUT2D eigenvalue weighted by Crippen LogP contribution is 2.41. The summed E-state index contributed by atoms with van der Waals surface area (Å²) in [6.45, 7) is 5.47. The van der Waals surface area contributed by atoms with Gasteiger partial charge in [0.05, 0.1) is 16.1 Å². The van der Waals surface area contributed by atoms with Crippen molar-refractivity contribution in [3.8, 4) is 0 Å². The topological polar surface area (TPSA) is 132 Å². The second kappa shape index (κ2) is 10.5. The Morgan fingerprint density at radius 1 is 1.03 bits per heavy atom. The van der Waals surface area contributed by atoms with Crippen LogP contribution in [0.3, 0.4) is 0 Å². The van der Waals surface area contributed by atoms with E-state index < -0.39 is 31.4 Å². The van der Waals surface area contributed by atoms with Gasteiger partial charge in [-0.2, -0.15) is 21.4 Å². The molecule has 9 nitrogen and oxygen atoms in total. The van der Waals surface area contributed by atoms with Crippen molar-refractivity contribution in [3.63, 3.8) is 0 Å². The first-order chi connectivity index (χ1) is 16.7. The van der Waals surface area contributed by atoms with Crippen molar-refractivity contribution in [3.05, 3.63) is 78.5 Å². The lowest BCUT2D eigenvalue weighted by molar-refractivity contribution is -0.437. The summed E-state index contributed by atoms with van der Waals surface area (Å²) in [4.78, 5) is 13.4. The number of carbonyl (C=O) groups excluding carboxylic acids is 1. The molecule has 0 radical (unpaired) electrons. The fraction of sp³-hybridized carbons (Fsp3) is 0.280. The van der Waals surface area contributed by atoms with Crippen molar-refractivity contribution < 1.29 is 35.3 Å². The average Bonchev–Trinajstić information content (AvgIpc) is 2.98. The smallest absolute Gasteiger partial charge is 0.288 e. The number of nitrogens with zero attached hydrogens (tertiary/aromatic N) is 2. The number of carbonyl (C=O) groups is 1. The summed E-state index contributed by atoms with van der Waals surface area (Å²) in [5.41, 5.74) is 2.07. The summed E-state index contributed by atoms with van der Waals surface area (Å²) in [5.74, 6) is -0.596. The Labute approximate surface area is 211 Å². The van der Waals surface area contributed by atoms with E-state index in [0.717, 1.165) is 5.71 Å². The van der Waals surface area contributed by atoms with Crippen molar-refractivity contribution in [1.82, 2.24) is 0 Å². The highest BCUT2D eigenvalue weighted by molar-refractivity contribution is 7.86. The first-order valence-corrected chi connectivity index (χ1v) is 14.2. The fourth-order valence-corrected chi connectivity index (χ4v) is 5.21. The molecule has 0 unspecified atom stereocenters. The molecule has 0 saturated carbocycles. The van der Waals surface area contributed by atoms with Gasteiger partial charge in [0.1, 0.15) is 6.54 Å². The molecule has 36 heavy (non-hydrogen) atoms. The minimum atomic E-state index is -4.42. The largest absolute Gasteiger partial charge is 0.294 e. The number of hydrogen-bond donors (Lipinski definition) is 2. The van der Waals surface area contributed by atoms with E-state index in [2.05, 4.69) is 0 Å². The van der Waals surface area contributed by atoms with Crippen LogP contribution >= 0.6 is 0 Å². The minimum Gasteiger partial charge on any atom is -0.288 e. The molecule has 2 aromatic rings. The molecular weight excluding hydrogens is 504 g/mol. The molecule has 11 heteroatoms. The van der Waals surface area contributed by atoms with Gasteiger partial charge >= 0.3 is 0 Å². The van der Waals surface area contributed by atoms with E-state index in [4.69, 9.17) is 4.55 Å². The maximum Gasteiger partial charge on any atom is 0.294 e. The van der Waals surface area contributed by atoms with E-state index in [0.29, 0.717) is 16.9 Å². The number of anilines is 1. The van der Waals surface area contributed by atoms with Gasteiger partial charge in [0.25, 0.3) is 20.2 Å². The van der Waals surface area contributed by atoms with Crippen LogP contribution in [0.4, 0.5) is 11.4 Å². The Hall–Kier alpha value is -3.12. The number of allylic oxidation sites excluding steroid dienone is 3. The zero-order valence-corrected chi connectivity index (χ0v) is 21.8. The highest BCUT2D eigenvalue weighted by Gasteiger charge is 2.44. The summed E-state index contributed by atoms with van der Waals surface area (Å²) in [6.07, 6.45) is 7.00. The third-order valence-electron chi connectivity index (χ3n) is 5.92. The maximum atomic E-state index is 12.1. The van der Waals surface area contributed by atoms with Gasteiger partial charge in [0.2, 0.25) is 11.6 Å². The van der Waals surface area contributed by atoms with Crippen molar-refractivity contribution >= 4 is 43.2 Å². The zero-order valence-electron chi connectivity index (χ0n) is 20.2. The summed E-state index contributed by atoms with van der Waals surface area (Å²) in [5, 5.41) is 0. The molecule has 2 aromatic carbocycles. The summed E-state index contributed by atoms with van der Waals surface area (Å²) in [7, 11) is -8.56. The molecule has 1 heterocycles. The highest BCUT2D eigenvalue weighted by atomic mass is 32.2. The lowest BCUT2D eigenvalue weighted by atomic mass is 9.81. The van der Waals surface area contributed by atoms with Gasteiger partial charge in [0.15, 0.2) is 5.71 Å².